The second kappa shape index (κ2) is 8.42. The van der Waals surface area contributed by atoms with Crippen molar-refractivity contribution in [2.45, 2.75) is 24.9 Å². The highest BCUT2D eigenvalue weighted by molar-refractivity contribution is 6.25. The zero-order chi connectivity index (χ0) is 26.8. The molecule has 3 aliphatic heterocycles. The van der Waals surface area contributed by atoms with Gasteiger partial charge in [0.1, 0.15) is 11.3 Å². The standard InChI is InChI=1S/C28H23N3O7/c1-14(32)38-17-9-7-16(8-10-17)31-25(35)23-20(12-15-6-11-21(33)22(34)13-15)30-28(24(23)26(31)36)18-4-2-3-5-19(18)29-27(28)37/h2-11,13,20,23-24,30,33-34H,12H2,1H3,(H,29,37)/t20-,23+,24-,28+/m0/s1. The molecule has 2 saturated heterocycles. The van der Waals surface area contributed by atoms with Crippen LogP contribution >= 0.6 is 0 Å². The molecule has 1 spiro atoms. The number of aromatic hydroxyl groups is 2. The largest absolute Gasteiger partial charge is 0.504 e. The minimum Gasteiger partial charge on any atom is -0.504 e. The second-order valence-corrected chi connectivity index (χ2v) is 9.69. The molecule has 3 amide bonds. The summed E-state index contributed by atoms with van der Waals surface area (Å²) in [7, 11) is 0. The van der Waals surface area contributed by atoms with E-state index in [-0.39, 0.29) is 23.7 Å². The van der Waals surface area contributed by atoms with E-state index in [4.69, 9.17) is 4.74 Å². The highest BCUT2D eigenvalue weighted by Gasteiger charge is 2.70. The van der Waals surface area contributed by atoms with Gasteiger partial charge < -0.3 is 20.3 Å². The summed E-state index contributed by atoms with van der Waals surface area (Å²) in [6.45, 7) is 1.27. The minimum absolute atomic E-state index is 0.213. The van der Waals surface area contributed by atoms with Crippen molar-refractivity contribution in [2.24, 2.45) is 11.8 Å². The summed E-state index contributed by atoms with van der Waals surface area (Å²) in [5.41, 5.74) is 0.600. The lowest BCUT2D eigenvalue weighted by Gasteiger charge is -2.29. The number of phenolic OH excluding ortho intramolecular Hbond substituents is 2. The first-order chi connectivity index (χ1) is 18.2. The van der Waals surface area contributed by atoms with Crippen LogP contribution in [0.15, 0.2) is 66.7 Å². The number of fused-ring (bicyclic) bond motifs is 4. The molecule has 0 unspecified atom stereocenters. The predicted octanol–water partition coefficient (Wildman–Crippen LogP) is 2.19. The zero-order valence-electron chi connectivity index (χ0n) is 20.2. The lowest BCUT2D eigenvalue weighted by Crippen LogP contribution is -2.53. The SMILES string of the molecule is CC(=O)Oc1ccc(N2C(=O)[C@@H]3[C@H](Cc4ccc(O)c(O)c4)N[C@@]4(C(=O)Nc5ccccc54)[C@@H]3C2=O)cc1. The van der Waals surface area contributed by atoms with Gasteiger partial charge in [0.05, 0.1) is 17.5 Å². The first-order valence-electron chi connectivity index (χ1n) is 12.1. The third-order valence-electron chi connectivity index (χ3n) is 7.47. The molecule has 0 radical (unpaired) electrons. The van der Waals surface area contributed by atoms with Gasteiger partial charge in [-0.3, -0.25) is 24.5 Å². The van der Waals surface area contributed by atoms with E-state index in [0.717, 1.165) is 4.90 Å². The molecule has 10 heteroatoms. The monoisotopic (exact) mass is 513 g/mol. The van der Waals surface area contributed by atoms with Gasteiger partial charge in [0.2, 0.25) is 17.7 Å². The molecular weight excluding hydrogens is 490 g/mol. The fourth-order valence-electron chi connectivity index (χ4n) is 5.97. The molecule has 3 aromatic carbocycles. The summed E-state index contributed by atoms with van der Waals surface area (Å²) in [5.74, 6) is -4.12. The van der Waals surface area contributed by atoms with E-state index in [9.17, 15) is 29.4 Å². The van der Waals surface area contributed by atoms with Crippen LogP contribution in [0.3, 0.4) is 0 Å². The number of hydrogen-bond acceptors (Lipinski definition) is 8. The molecule has 10 nitrogen and oxygen atoms in total. The normalized spacial score (nSPS) is 25.4. The number of phenols is 2. The van der Waals surface area contributed by atoms with Crippen molar-refractivity contribution in [1.82, 2.24) is 5.32 Å². The van der Waals surface area contributed by atoms with E-state index in [1.807, 2.05) is 0 Å². The maximum absolute atomic E-state index is 14.0. The third kappa shape index (κ3) is 3.37. The molecule has 38 heavy (non-hydrogen) atoms. The number of carbonyl (C=O) groups excluding carboxylic acids is 4. The van der Waals surface area contributed by atoms with E-state index in [1.165, 1.54) is 43.3 Å². The van der Waals surface area contributed by atoms with Gasteiger partial charge in [-0.1, -0.05) is 24.3 Å². The Morgan fingerprint density at radius 1 is 0.974 bits per heavy atom. The van der Waals surface area contributed by atoms with Gasteiger partial charge in [-0.2, -0.15) is 0 Å². The van der Waals surface area contributed by atoms with Gasteiger partial charge >= 0.3 is 5.97 Å². The van der Waals surface area contributed by atoms with Crippen LogP contribution in [-0.2, 0) is 31.1 Å². The molecule has 6 rings (SSSR count). The van der Waals surface area contributed by atoms with Gasteiger partial charge in [0.25, 0.3) is 0 Å². The summed E-state index contributed by atoms with van der Waals surface area (Å²) in [6.07, 6.45) is 0.213. The molecule has 4 N–H and O–H groups in total. The van der Waals surface area contributed by atoms with Crippen LogP contribution in [0.4, 0.5) is 11.4 Å². The van der Waals surface area contributed by atoms with Crippen LogP contribution < -0.4 is 20.3 Å². The number of nitrogens with zero attached hydrogens (tertiary/aromatic N) is 1. The van der Waals surface area contributed by atoms with E-state index in [2.05, 4.69) is 10.6 Å². The van der Waals surface area contributed by atoms with Crippen LogP contribution in [0.5, 0.6) is 17.2 Å². The molecular formula is C28H23N3O7. The number of hydrogen-bond donors (Lipinski definition) is 4. The Kier molecular flexibility index (Phi) is 5.25. The number of anilines is 2. The fourth-order valence-corrected chi connectivity index (χ4v) is 5.97. The molecule has 2 fully saturated rings. The van der Waals surface area contributed by atoms with Crippen LogP contribution in [0, 0.1) is 11.8 Å². The molecule has 3 aromatic rings. The predicted molar refractivity (Wildman–Crippen MR) is 134 cm³/mol. The van der Waals surface area contributed by atoms with Gasteiger partial charge in [0, 0.05) is 24.2 Å². The van der Waals surface area contributed by atoms with Gasteiger partial charge in [-0.05, 0) is 54.4 Å². The average Bonchev–Trinajstić information content (AvgIpc) is 3.46. The number of esters is 1. The van der Waals surface area contributed by atoms with E-state index in [1.54, 1.807) is 30.3 Å². The van der Waals surface area contributed by atoms with E-state index in [0.29, 0.717) is 22.5 Å². The topological polar surface area (TPSA) is 145 Å². The number of ether oxygens (including phenoxy) is 1. The van der Waals surface area contributed by atoms with Crippen molar-refractivity contribution in [3.63, 3.8) is 0 Å². The maximum atomic E-state index is 14.0. The number of nitrogens with one attached hydrogen (secondary N) is 2. The van der Waals surface area contributed by atoms with Crippen LogP contribution in [0.2, 0.25) is 0 Å². The summed E-state index contributed by atoms with van der Waals surface area (Å²) in [6, 6.07) is 16.8. The number of benzene rings is 3. The summed E-state index contributed by atoms with van der Waals surface area (Å²) >= 11 is 0. The molecule has 192 valence electrons. The highest BCUT2D eigenvalue weighted by atomic mass is 16.5. The third-order valence-corrected chi connectivity index (χ3v) is 7.47. The van der Waals surface area contributed by atoms with Gasteiger partial charge in [0.15, 0.2) is 11.5 Å². The van der Waals surface area contributed by atoms with Crippen molar-refractivity contribution < 1.29 is 34.1 Å². The van der Waals surface area contributed by atoms with Crippen molar-refractivity contribution in [1.29, 1.82) is 0 Å². The Labute approximate surface area is 216 Å². The van der Waals surface area contributed by atoms with Gasteiger partial charge in [-0.15, -0.1) is 0 Å². The zero-order valence-corrected chi connectivity index (χ0v) is 20.2. The van der Waals surface area contributed by atoms with E-state index < -0.39 is 47.1 Å². The molecule has 0 aliphatic carbocycles. The van der Waals surface area contributed by atoms with Crippen LogP contribution in [0.1, 0.15) is 18.1 Å². The molecule has 0 bridgehead atoms. The van der Waals surface area contributed by atoms with Gasteiger partial charge in [-0.25, -0.2) is 4.90 Å². The van der Waals surface area contributed by atoms with Crippen LogP contribution in [0.25, 0.3) is 0 Å². The average molecular weight is 514 g/mol. The Morgan fingerprint density at radius 2 is 1.71 bits per heavy atom. The smallest absolute Gasteiger partial charge is 0.308 e. The number of carbonyl (C=O) groups is 4. The Hall–Kier alpha value is -4.70. The quantitative estimate of drug-likeness (QED) is 0.180. The minimum atomic E-state index is -1.47. The lowest BCUT2D eigenvalue weighted by atomic mass is 9.76. The number of rotatable bonds is 4. The lowest BCUT2D eigenvalue weighted by molar-refractivity contribution is -0.132. The Balaban J connectivity index is 1.44. The molecule has 3 aliphatic rings. The Bertz CT molecular complexity index is 1520. The highest BCUT2D eigenvalue weighted by Crippen LogP contribution is 2.54. The second-order valence-electron chi connectivity index (χ2n) is 9.69. The van der Waals surface area contributed by atoms with Crippen molar-refractivity contribution in [3.05, 3.63) is 77.9 Å². The van der Waals surface area contributed by atoms with E-state index >= 15 is 0 Å². The summed E-state index contributed by atoms with van der Waals surface area (Å²) in [4.78, 5) is 53.8. The van der Waals surface area contributed by atoms with Crippen molar-refractivity contribution in [2.75, 3.05) is 10.2 Å². The first kappa shape index (κ1) is 23.7. The number of amides is 3. The number of imide groups is 1. The fraction of sp³-hybridized carbons (Fsp3) is 0.214. The molecule has 3 heterocycles. The summed E-state index contributed by atoms with van der Waals surface area (Å²) < 4.78 is 5.06. The molecule has 0 saturated carbocycles. The van der Waals surface area contributed by atoms with Crippen LogP contribution in [-0.4, -0.2) is 39.9 Å². The van der Waals surface area contributed by atoms with Crippen molar-refractivity contribution >= 4 is 35.1 Å². The summed E-state index contributed by atoms with van der Waals surface area (Å²) in [5, 5.41) is 25.9. The molecule has 4 atom stereocenters. The number of para-hydroxylation sites is 1. The molecule has 0 aromatic heterocycles. The Morgan fingerprint density at radius 3 is 2.42 bits per heavy atom. The maximum Gasteiger partial charge on any atom is 0.308 e. The first-order valence-corrected chi connectivity index (χ1v) is 12.1. The van der Waals surface area contributed by atoms with Crippen molar-refractivity contribution in [3.8, 4) is 17.2 Å².